The molecule has 94 valence electrons. The SMILES string of the molecule is CC(NC(=O)c1c(F)cccc1F)c1ncc[nH]1. The lowest BCUT2D eigenvalue weighted by atomic mass is 10.1. The van der Waals surface area contributed by atoms with Gasteiger partial charge in [0.1, 0.15) is 23.0 Å². The van der Waals surface area contributed by atoms with Crippen LogP contribution in [-0.2, 0) is 0 Å². The molecule has 1 amide bonds. The monoisotopic (exact) mass is 251 g/mol. The van der Waals surface area contributed by atoms with E-state index in [0.29, 0.717) is 5.82 Å². The molecule has 0 spiro atoms. The molecule has 0 saturated heterocycles. The van der Waals surface area contributed by atoms with Crippen LogP contribution in [0.5, 0.6) is 0 Å². The summed E-state index contributed by atoms with van der Waals surface area (Å²) in [6.07, 6.45) is 3.13. The second-order valence-corrected chi connectivity index (χ2v) is 3.77. The van der Waals surface area contributed by atoms with Gasteiger partial charge in [-0.1, -0.05) is 6.07 Å². The molecule has 1 unspecified atom stereocenters. The van der Waals surface area contributed by atoms with Crippen LogP contribution in [0.4, 0.5) is 8.78 Å². The van der Waals surface area contributed by atoms with Crippen LogP contribution in [0.3, 0.4) is 0 Å². The van der Waals surface area contributed by atoms with Gasteiger partial charge in [-0.2, -0.15) is 0 Å². The van der Waals surface area contributed by atoms with Gasteiger partial charge >= 0.3 is 0 Å². The highest BCUT2D eigenvalue weighted by atomic mass is 19.1. The van der Waals surface area contributed by atoms with Gasteiger partial charge in [0, 0.05) is 12.4 Å². The molecule has 2 N–H and O–H groups in total. The van der Waals surface area contributed by atoms with Gasteiger partial charge in [0.15, 0.2) is 0 Å². The van der Waals surface area contributed by atoms with Gasteiger partial charge in [-0.05, 0) is 19.1 Å². The van der Waals surface area contributed by atoms with E-state index in [-0.39, 0.29) is 0 Å². The predicted molar refractivity (Wildman–Crippen MR) is 60.8 cm³/mol. The maximum atomic E-state index is 13.4. The molecule has 0 bridgehead atoms. The van der Waals surface area contributed by atoms with Crippen molar-refractivity contribution in [2.45, 2.75) is 13.0 Å². The molecule has 0 fully saturated rings. The maximum absolute atomic E-state index is 13.4. The minimum Gasteiger partial charge on any atom is -0.347 e. The fourth-order valence-electron chi connectivity index (χ4n) is 1.57. The summed E-state index contributed by atoms with van der Waals surface area (Å²) in [5, 5.41) is 2.47. The summed E-state index contributed by atoms with van der Waals surface area (Å²) >= 11 is 0. The van der Waals surface area contributed by atoms with Crippen LogP contribution in [0.1, 0.15) is 29.1 Å². The number of carbonyl (C=O) groups excluding carboxylic acids is 1. The van der Waals surface area contributed by atoms with Crippen molar-refractivity contribution in [2.24, 2.45) is 0 Å². The van der Waals surface area contributed by atoms with Gasteiger partial charge in [0.2, 0.25) is 0 Å². The molecular formula is C12H11F2N3O. The van der Waals surface area contributed by atoms with Crippen LogP contribution in [0.15, 0.2) is 30.6 Å². The number of aromatic amines is 1. The fourth-order valence-corrected chi connectivity index (χ4v) is 1.57. The number of rotatable bonds is 3. The first kappa shape index (κ1) is 12.2. The number of imidazole rings is 1. The van der Waals surface area contributed by atoms with Crippen molar-refractivity contribution in [2.75, 3.05) is 0 Å². The first-order valence-corrected chi connectivity index (χ1v) is 5.33. The zero-order valence-electron chi connectivity index (χ0n) is 9.58. The highest BCUT2D eigenvalue weighted by Crippen LogP contribution is 2.14. The second-order valence-electron chi connectivity index (χ2n) is 3.77. The van der Waals surface area contributed by atoms with Crippen LogP contribution in [0, 0.1) is 11.6 Å². The van der Waals surface area contributed by atoms with Gasteiger partial charge < -0.3 is 10.3 Å². The van der Waals surface area contributed by atoms with E-state index in [4.69, 9.17) is 0 Å². The molecule has 0 aliphatic rings. The third kappa shape index (κ3) is 2.37. The number of amides is 1. The van der Waals surface area contributed by atoms with E-state index >= 15 is 0 Å². The normalized spacial score (nSPS) is 12.2. The molecule has 1 atom stereocenters. The van der Waals surface area contributed by atoms with Crippen molar-refractivity contribution in [1.82, 2.24) is 15.3 Å². The summed E-state index contributed by atoms with van der Waals surface area (Å²) in [7, 11) is 0. The zero-order chi connectivity index (χ0) is 13.1. The Labute approximate surface area is 102 Å². The molecule has 0 saturated carbocycles. The maximum Gasteiger partial charge on any atom is 0.257 e. The summed E-state index contributed by atoms with van der Waals surface area (Å²) in [6.45, 7) is 1.66. The van der Waals surface area contributed by atoms with E-state index in [0.717, 1.165) is 12.1 Å². The minimum atomic E-state index is -0.890. The highest BCUT2D eigenvalue weighted by molar-refractivity contribution is 5.94. The Morgan fingerprint density at radius 1 is 1.39 bits per heavy atom. The number of benzene rings is 1. The third-order valence-corrected chi connectivity index (χ3v) is 2.47. The largest absolute Gasteiger partial charge is 0.347 e. The number of hydrogen-bond acceptors (Lipinski definition) is 2. The standard InChI is InChI=1S/C12H11F2N3O/c1-7(11-15-5-6-16-11)17-12(18)10-8(13)3-2-4-9(10)14/h2-7H,1H3,(H,15,16)(H,17,18). The Hall–Kier alpha value is -2.24. The molecule has 4 nitrogen and oxygen atoms in total. The van der Waals surface area contributed by atoms with Gasteiger partial charge in [0.05, 0.1) is 6.04 Å². The van der Waals surface area contributed by atoms with Crippen LogP contribution in [0.25, 0.3) is 0 Å². The average Bonchev–Trinajstić information content (AvgIpc) is 2.81. The summed E-state index contributed by atoms with van der Waals surface area (Å²) < 4.78 is 26.7. The Morgan fingerprint density at radius 3 is 2.61 bits per heavy atom. The Bertz CT molecular complexity index is 534. The zero-order valence-corrected chi connectivity index (χ0v) is 9.58. The lowest BCUT2D eigenvalue weighted by Gasteiger charge is -2.12. The van der Waals surface area contributed by atoms with Crippen molar-refractivity contribution in [1.29, 1.82) is 0 Å². The fraction of sp³-hybridized carbons (Fsp3) is 0.167. The molecule has 0 aliphatic heterocycles. The second kappa shape index (κ2) is 4.95. The highest BCUT2D eigenvalue weighted by Gasteiger charge is 2.19. The molecule has 1 aromatic carbocycles. The minimum absolute atomic E-state index is 0.466. The van der Waals surface area contributed by atoms with E-state index in [1.54, 1.807) is 13.1 Å². The molecule has 2 rings (SSSR count). The van der Waals surface area contributed by atoms with Crippen LogP contribution in [0.2, 0.25) is 0 Å². The molecule has 0 aliphatic carbocycles. The topological polar surface area (TPSA) is 57.8 Å². The van der Waals surface area contributed by atoms with Crippen molar-refractivity contribution in [3.05, 3.63) is 53.6 Å². The van der Waals surface area contributed by atoms with E-state index in [9.17, 15) is 13.6 Å². The lowest BCUT2D eigenvalue weighted by molar-refractivity contribution is 0.0930. The van der Waals surface area contributed by atoms with E-state index in [1.807, 2.05) is 0 Å². The number of H-pyrrole nitrogens is 1. The van der Waals surface area contributed by atoms with Gasteiger partial charge in [-0.25, -0.2) is 13.8 Å². The van der Waals surface area contributed by atoms with Crippen molar-refractivity contribution in [3.63, 3.8) is 0 Å². The quantitative estimate of drug-likeness (QED) is 0.878. The number of nitrogens with one attached hydrogen (secondary N) is 2. The summed E-state index contributed by atoms with van der Waals surface area (Å²) in [5.74, 6) is -2.08. The molecule has 1 aromatic heterocycles. The first-order chi connectivity index (χ1) is 8.59. The molecule has 0 radical (unpaired) electrons. The average molecular weight is 251 g/mol. The van der Waals surface area contributed by atoms with Gasteiger partial charge in [-0.15, -0.1) is 0 Å². The van der Waals surface area contributed by atoms with Crippen LogP contribution >= 0.6 is 0 Å². The lowest BCUT2D eigenvalue weighted by Crippen LogP contribution is -2.29. The number of halogens is 2. The summed E-state index contributed by atoms with van der Waals surface area (Å²) in [6, 6.07) is 2.81. The summed E-state index contributed by atoms with van der Waals surface area (Å²) in [5.41, 5.74) is -0.587. The number of hydrogen-bond donors (Lipinski definition) is 2. The van der Waals surface area contributed by atoms with Crippen molar-refractivity contribution < 1.29 is 13.6 Å². The Morgan fingerprint density at radius 2 is 2.06 bits per heavy atom. The van der Waals surface area contributed by atoms with E-state index in [2.05, 4.69) is 15.3 Å². The smallest absolute Gasteiger partial charge is 0.257 e. The Kier molecular flexibility index (Phi) is 3.36. The number of nitrogens with zero attached hydrogens (tertiary/aromatic N) is 1. The molecular weight excluding hydrogens is 240 g/mol. The van der Waals surface area contributed by atoms with E-state index < -0.39 is 29.1 Å². The van der Waals surface area contributed by atoms with Gasteiger partial charge in [0.25, 0.3) is 5.91 Å². The molecule has 2 aromatic rings. The molecule has 6 heteroatoms. The summed E-state index contributed by atoms with van der Waals surface area (Å²) in [4.78, 5) is 18.5. The Balaban J connectivity index is 2.18. The molecule has 1 heterocycles. The van der Waals surface area contributed by atoms with Gasteiger partial charge in [-0.3, -0.25) is 4.79 Å². The first-order valence-electron chi connectivity index (χ1n) is 5.33. The predicted octanol–water partition coefficient (Wildman–Crippen LogP) is 2.18. The van der Waals surface area contributed by atoms with Crippen LogP contribution in [-0.4, -0.2) is 15.9 Å². The van der Waals surface area contributed by atoms with Crippen LogP contribution < -0.4 is 5.32 Å². The number of aromatic nitrogens is 2. The van der Waals surface area contributed by atoms with Crippen molar-refractivity contribution in [3.8, 4) is 0 Å². The molecule has 18 heavy (non-hydrogen) atoms. The number of carbonyl (C=O) groups is 1. The third-order valence-electron chi connectivity index (χ3n) is 2.47. The van der Waals surface area contributed by atoms with Crippen molar-refractivity contribution >= 4 is 5.91 Å². The van der Waals surface area contributed by atoms with E-state index in [1.165, 1.54) is 12.3 Å².